The summed E-state index contributed by atoms with van der Waals surface area (Å²) >= 11 is 0. The maximum Gasteiger partial charge on any atom is 0.332 e. The molecule has 3 aromatic rings. The summed E-state index contributed by atoms with van der Waals surface area (Å²) in [6.45, 7) is 1.96. The van der Waals surface area contributed by atoms with Gasteiger partial charge in [0.05, 0.1) is 17.3 Å². The normalized spacial score (nSPS) is 22.7. The molecule has 1 saturated heterocycles. The third-order valence-corrected chi connectivity index (χ3v) is 7.66. The lowest BCUT2D eigenvalue weighted by Crippen LogP contribution is -2.42. The Hall–Kier alpha value is -3.61. The first-order chi connectivity index (χ1) is 16.5. The summed E-state index contributed by atoms with van der Waals surface area (Å²) in [5.41, 5.74) is 3.81. The predicted molar refractivity (Wildman–Crippen MR) is 130 cm³/mol. The van der Waals surface area contributed by atoms with Crippen molar-refractivity contribution in [1.29, 1.82) is 0 Å². The number of aromatic amines is 1. The highest BCUT2D eigenvalue weighted by molar-refractivity contribution is 6.24. The molecule has 1 saturated carbocycles. The Labute approximate surface area is 198 Å². The number of anilines is 1. The van der Waals surface area contributed by atoms with Gasteiger partial charge in [-0.2, -0.15) is 0 Å². The number of amides is 4. The Morgan fingerprint density at radius 3 is 2.56 bits per heavy atom. The van der Waals surface area contributed by atoms with E-state index >= 15 is 0 Å². The zero-order valence-electron chi connectivity index (χ0n) is 19.2. The van der Waals surface area contributed by atoms with Gasteiger partial charge in [0.15, 0.2) is 0 Å². The molecule has 2 N–H and O–H groups in total. The first-order valence-corrected chi connectivity index (χ1v) is 12.2. The van der Waals surface area contributed by atoms with Crippen LogP contribution in [0.2, 0.25) is 0 Å². The van der Waals surface area contributed by atoms with Crippen LogP contribution in [0.25, 0.3) is 10.9 Å². The summed E-state index contributed by atoms with van der Waals surface area (Å²) < 4.78 is 0. The minimum atomic E-state index is -0.580. The monoisotopic (exact) mass is 456 g/mol. The minimum absolute atomic E-state index is 0.143. The molecule has 0 bridgehead atoms. The number of H-pyrrole nitrogens is 1. The van der Waals surface area contributed by atoms with Crippen LogP contribution in [0.1, 0.15) is 66.7 Å². The molecule has 4 amide bonds. The van der Waals surface area contributed by atoms with Crippen LogP contribution in [0.3, 0.4) is 0 Å². The quantitative estimate of drug-likeness (QED) is 0.561. The molecule has 1 aromatic heterocycles. The average molecular weight is 457 g/mol. The van der Waals surface area contributed by atoms with Crippen molar-refractivity contribution in [3.63, 3.8) is 0 Å². The summed E-state index contributed by atoms with van der Waals surface area (Å²) in [5, 5.41) is 4.22. The van der Waals surface area contributed by atoms with E-state index < -0.39 is 6.04 Å². The van der Waals surface area contributed by atoms with Crippen LogP contribution in [0.15, 0.2) is 48.5 Å². The summed E-state index contributed by atoms with van der Waals surface area (Å²) in [7, 11) is 0. The fourth-order valence-electron chi connectivity index (χ4n) is 5.95. The van der Waals surface area contributed by atoms with Gasteiger partial charge in [0.2, 0.25) is 0 Å². The fourth-order valence-corrected chi connectivity index (χ4v) is 5.95. The summed E-state index contributed by atoms with van der Waals surface area (Å²) in [6.07, 6.45) is 5.81. The molecule has 6 rings (SSSR count). The largest absolute Gasteiger partial charge is 0.356 e. The lowest BCUT2D eigenvalue weighted by molar-refractivity contribution is -0.120. The number of hydrogen-bond acceptors (Lipinski definition) is 3. The number of carbonyl (C=O) groups excluding carboxylic acids is 3. The molecule has 2 aliphatic heterocycles. The maximum atomic E-state index is 13.7. The van der Waals surface area contributed by atoms with Crippen molar-refractivity contribution < 1.29 is 14.4 Å². The molecule has 3 aliphatic rings. The van der Waals surface area contributed by atoms with Gasteiger partial charge in [-0.25, -0.2) is 9.69 Å². The van der Waals surface area contributed by atoms with E-state index in [9.17, 15) is 14.4 Å². The zero-order chi connectivity index (χ0) is 23.4. The molecule has 2 fully saturated rings. The van der Waals surface area contributed by atoms with Gasteiger partial charge in [0.25, 0.3) is 11.8 Å². The van der Waals surface area contributed by atoms with Crippen LogP contribution in [0, 0.1) is 0 Å². The van der Waals surface area contributed by atoms with Gasteiger partial charge in [-0.05, 0) is 43.5 Å². The molecule has 7 heteroatoms. The number of benzene rings is 2. The number of fused-ring (bicyclic) bond motifs is 4. The number of aromatic nitrogens is 1. The molecule has 174 valence electrons. The number of nitrogens with zero attached hydrogens (tertiary/aromatic N) is 2. The van der Waals surface area contributed by atoms with E-state index in [-0.39, 0.29) is 29.9 Å². The van der Waals surface area contributed by atoms with E-state index in [0.29, 0.717) is 17.7 Å². The third-order valence-electron chi connectivity index (χ3n) is 7.66. The number of urea groups is 1. The van der Waals surface area contributed by atoms with Crippen LogP contribution in [-0.4, -0.2) is 39.8 Å². The fraction of sp³-hybridized carbons (Fsp3) is 0.370. The third kappa shape index (κ3) is 3.14. The smallest absolute Gasteiger partial charge is 0.332 e. The van der Waals surface area contributed by atoms with Crippen LogP contribution < -0.4 is 10.2 Å². The van der Waals surface area contributed by atoms with E-state index in [0.717, 1.165) is 47.8 Å². The molecule has 2 unspecified atom stereocenters. The van der Waals surface area contributed by atoms with E-state index in [1.54, 1.807) is 29.2 Å². The number of para-hydroxylation sites is 2. The van der Waals surface area contributed by atoms with Crippen molar-refractivity contribution in [3.05, 3.63) is 65.4 Å². The Morgan fingerprint density at radius 1 is 1.00 bits per heavy atom. The van der Waals surface area contributed by atoms with Gasteiger partial charge in [-0.15, -0.1) is 0 Å². The molecular weight excluding hydrogens is 428 g/mol. The molecule has 0 radical (unpaired) electrons. The van der Waals surface area contributed by atoms with Crippen LogP contribution >= 0.6 is 0 Å². The standard InChI is InChI=1S/C27H28N4O3/c1-16-24-20(18-11-5-7-13-21(18)29-24)15-23-26(33)31(27(34)30(16)23)22-14-8-6-12-19(22)25(32)28-17-9-3-2-4-10-17/h5-8,11-14,16-17,23,29H,2-4,9-10,15H2,1H3,(H,28,32). The zero-order valence-corrected chi connectivity index (χ0v) is 19.2. The van der Waals surface area contributed by atoms with Gasteiger partial charge in [0.1, 0.15) is 6.04 Å². The second-order valence-corrected chi connectivity index (χ2v) is 9.65. The van der Waals surface area contributed by atoms with Gasteiger partial charge in [0, 0.05) is 29.1 Å². The first kappa shape index (κ1) is 21.0. The molecule has 2 aromatic carbocycles. The van der Waals surface area contributed by atoms with Gasteiger partial charge < -0.3 is 15.2 Å². The van der Waals surface area contributed by atoms with E-state index in [1.165, 1.54) is 11.3 Å². The lowest BCUT2D eigenvalue weighted by Gasteiger charge is -2.33. The molecule has 2 atom stereocenters. The van der Waals surface area contributed by atoms with Crippen molar-refractivity contribution in [2.24, 2.45) is 0 Å². The second kappa shape index (κ2) is 8.01. The van der Waals surface area contributed by atoms with E-state index in [1.807, 2.05) is 25.1 Å². The number of imide groups is 1. The van der Waals surface area contributed by atoms with Crippen LogP contribution in [0.4, 0.5) is 10.5 Å². The van der Waals surface area contributed by atoms with Crippen molar-refractivity contribution in [2.45, 2.75) is 63.6 Å². The highest BCUT2D eigenvalue weighted by Gasteiger charge is 2.52. The Morgan fingerprint density at radius 2 is 1.74 bits per heavy atom. The Bertz CT molecular complexity index is 1310. The predicted octanol–water partition coefficient (Wildman–Crippen LogP) is 4.68. The number of rotatable bonds is 3. The summed E-state index contributed by atoms with van der Waals surface area (Å²) in [4.78, 5) is 46.8. The molecule has 0 spiro atoms. The summed E-state index contributed by atoms with van der Waals surface area (Å²) in [5.74, 6) is -0.497. The minimum Gasteiger partial charge on any atom is -0.356 e. The van der Waals surface area contributed by atoms with E-state index in [2.05, 4.69) is 16.4 Å². The SMILES string of the molecule is CC1c2[nH]c3ccccc3c2CC2C(=O)N(c3ccccc3C(=O)NC3CCCCC3)C(=O)N21. The maximum absolute atomic E-state index is 13.7. The van der Waals surface area contributed by atoms with E-state index in [4.69, 9.17) is 0 Å². The Kier molecular flexibility index (Phi) is 4.94. The van der Waals surface area contributed by atoms with Crippen molar-refractivity contribution >= 4 is 34.4 Å². The number of hydrogen-bond donors (Lipinski definition) is 2. The highest BCUT2D eigenvalue weighted by Crippen LogP contribution is 2.42. The number of carbonyl (C=O) groups is 3. The van der Waals surface area contributed by atoms with Crippen molar-refractivity contribution in [1.82, 2.24) is 15.2 Å². The van der Waals surface area contributed by atoms with Crippen molar-refractivity contribution in [3.8, 4) is 0 Å². The second-order valence-electron chi connectivity index (χ2n) is 9.65. The van der Waals surface area contributed by atoms with Gasteiger partial charge in [-0.1, -0.05) is 49.6 Å². The average Bonchev–Trinajstić information content (AvgIpc) is 3.35. The number of nitrogens with one attached hydrogen (secondary N) is 2. The van der Waals surface area contributed by atoms with Crippen molar-refractivity contribution in [2.75, 3.05) is 4.90 Å². The van der Waals surface area contributed by atoms with Crippen LogP contribution in [0.5, 0.6) is 0 Å². The summed E-state index contributed by atoms with van der Waals surface area (Å²) in [6, 6.07) is 13.9. The molecule has 34 heavy (non-hydrogen) atoms. The Balaban J connectivity index is 1.33. The molecule has 7 nitrogen and oxygen atoms in total. The van der Waals surface area contributed by atoms with Gasteiger partial charge in [-0.3, -0.25) is 9.59 Å². The lowest BCUT2D eigenvalue weighted by atomic mass is 9.93. The highest BCUT2D eigenvalue weighted by atomic mass is 16.2. The first-order valence-electron chi connectivity index (χ1n) is 12.2. The van der Waals surface area contributed by atoms with Gasteiger partial charge >= 0.3 is 6.03 Å². The topological polar surface area (TPSA) is 85.5 Å². The molecule has 3 heterocycles. The van der Waals surface area contributed by atoms with Crippen LogP contribution in [-0.2, 0) is 11.2 Å². The molecular formula is C27H28N4O3. The molecule has 1 aliphatic carbocycles.